The highest BCUT2D eigenvalue weighted by Gasteiger charge is 2.22. The zero-order chi connectivity index (χ0) is 15.5. The van der Waals surface area contributed by atoms with Crippen LogP contribution in [0.25, 0.3) is 11.0 Å². The van der Waals surface area contributed by atoms with Gasteiger partial charge in [0.05, 0.1) is 11.0 Å². The largest absolute Gasteiger partial charge is 0.465 e. The van der Waals surface area contributed by atoms with Crippen LogP contribution in [0.2, 0.25) is 0 Å². The number of hydrogen-bond donors (Lipinski definition) is 3. The molecule has 3 rings (SSSR count). The predicted octanol–water partition coefficient (Wildman–Crippen LogP) is 2.40. The molecule has 22 heavy (non-hydrogen) atoms. The van der Waals surface area contributed by atoms with Crippen molar-refractivity contribution in [1.82, 2.24) is 14.9 Å². The summed E-state index contributed by atoms with van der Waals surface area (Å²) in [6.07, 6.45) is 3.16. The maximum absolute atomic E-state index is 12.1. The van der Waals surface area contributed by atoms with Crippen molar-refractivity contribution in [3.05, 3.63) is 34.7 Å². The third-order valence-corrected chi connectivity index (χ3v) is 4.63. The second kappa shape index (κ2) is 6.25. The zero-order valence-corrected chi connectivity index (χ0v) is 12.4. The van der Waals surface area contributed by atoms with E-state index in [4.69, 9.17) is 5.11 Å². The Morgan fingerprint density at radius 2 is 1.91 bits per heavy atom. The summed E-state index contributed by atoms with van der Waals surface area (Å²) in [5.41, 5.74) is 1.80. The van der Waals surface area contributed by atoms with Gasteiger partial charge in [-0.05, 0) is 49.7 Å². The van der Waals surface area contributed by atoms with E-state index in [2.05, 4.69) is 10.3 Å². The molecule has 0 radical (unpaired) electrons. The lowest BCUT2D eigenvalue weighted by Gasteiger charge is -2.28. The highest BCUT2D eigenvalue weighted by atomic mass is 16.4. The fraction of sp³-hybridized carbons (Fsp3) is 0.500. The first-order chi connectivity index (χ1) is 10.6. The second-order valence-corrected chi connectivity index (χ2v) is 6.13. The minimum absolute atomic E-state index is 0.0455. The molecule has 0 aliphatic heterocycles. The molecule has 1 aromatic carbocycles. The molecule has 1 fully saturated rings. The summed E-state index contributed by atoms with van der Waals surface area (Å²) in [7, 11) is 0. The van der Waals surface area contributed by atoms with E-state index in [0.717, 1.165) is 43.3 Å². The van der Waals surface area contributed by atoms with E-state index in [1.54, 1.807) is 0 Å². The first-order valence-electron chi connectivity index (χ1n) is 7.78. The number of para-hydroxylation sites is 2. The lowest BCUT2D eigenvalue weighted by atomic mass is 9.82. The molecule has 0 unspecified atom stereocenters. The van der Waals surface area contributed by atoms with E-state index in [9.17, 15) is 9.59 Å². The van der Waals surface area contributed by atoms with E-state index in [0.29, 0.717) is 18.4 Å². The molecule has 1 aliphatic carbocycles. The Balaban J connectivity index is 1.61. The molecule has 2 aromatic rings. The summed E-state index contributed by atoms with van der Waals surface area (Å²) in [5.74, 6) is 0.907. The van der Waals surface area contributed by atoms with Crippen molar-refractivity contribution in [1.29, 1.82) is 0 Å². The summed E-state index contributed by atoms with van der Waals surface area (Å²) in [4.78, 5) is 25.5. The van der Waals surface area contributed by atoms with Gasteiger partial charge in [-0.3, -0.25) is 4.57 Å². The standard InChI is InChI=1S/C16H21N3O3/c20-15-18-13-3-1-2-4-14(13)19(15)10-12-7-5-11(6-8-12)9-17-16(21)22/h1-4,11-12,17H,5-10H2,(H,18,20)(H,21,22). The van der Waals surface area contributed by atoms with Crippen LogP contribution in [0.3, 0.4) is 0 Å². The number of benzene rings is 1. The minimum Gasteiger partial charge on any atom is -0.465 e. The topological polar surface area (TPSA) is 87.1 Å². The average Bonchev–Trinajstić information content (AvgIpc) is 2.83. The predicted molar refractivity (Wildman–Crippen MR) is 84.0 cm³/mol. The van der Waals surface area contributed by atoms with E-state index < -0.39 is 6.09 Å². The quantitative estimate of drug-likeness (QED) is 0.810. The van der Waals surface area contributed by atoms with Gasteiger partial charge in [0.2, 0.25) is 0 Å². The lowest BCUT2D eigenvalue weighted by Crippen LogP contribution is -2.31. The SMILES string of the molecule is O=C(O)NCC1CCC(Cn2c(=O)[nH]c3ccccc32)CC1. The summed E-state index contributed by atoms with van der Waals surface area (Å²) in [5, 5.41) is 11.1. The van der Waals surface area contributed by atoms with Gasteiger partial charge in [-0.15, -0.1) is 0 Å². The Hall–Kier alpha value is -2.24. The molecule has 0 saturated heterocycles. The number of carboxylic acid groups (broad SMARTS) is 1. The molecule has 6 heteroatoms. The molecule has 0 atom stereocenters. The number of hydrogen-bond acceptors (Lipinski definition) is 2. The van der Waals surface area contributed by atoms with Gasteiger partial charge >= 0.3 is 11.8 Å². The molecule has 1 aliphatic rings. The van der Waals surface area contributed by atoms with Crippen molar-refractivity contribution in [2.45, 2.75) is 32.2 Å². The molecular weight excluding hydrogens is 282 g/mol. The molecule has 1 heterocycles. The monoisotopic (exact) mass is 303 g/mol. The van der Waals surface area contributed by atoms with Crippen LogP contribution in [0.4, 0.5) is 4.79 Å². The van der Waals surface area contributed by atoms with Gasteiger partial charge in [0.25, 0.3) is 0 Å². The van der Waals surface area contributed by atoms with Crippen molar-refractivity contribution in [2.24, 2.45) is 11.8 Å². The van der Waals surface area contributed by atoms with Crippen molar-refractivity contribution >= 4 is 17.1 Å². The van der Waals surface area contributed by atoms with Crippen LogP contribution in [-0.4, -0.2) is 27.3 Å². The van der Waals surface area contributed by atoms with Gasteiger partial charge in [0.15, 0.2) is 0 Å². The van der Waals surface area contributed by atoms with Crippen molar-refractivity contribution < 1.29 is 9.90 Å². The van der Waals surface area contributed by atoms with E-state index >= 15 is 0 Å². The number of amides is 1. The van der Waals surface area contributed by atoms with Gasteiger partial charge in [-0.25, -0.2) is 9.59 Å². The summed E-state index contributed by atoms with van der Waals surface area (Å²) in [6.45, 7) is 1.27. The van der Waals surface area contributed by atoms with Crippen LogP contribution >= 0.6 is 0 Å². The Kier molecular flexibility index (Phi) is 4.18. The van der Waals surface area contributed by atoms with Gasteiger partial charge < -0.3 is 15.4 Å². The van der Waals surface area contributed by atoms with Crippen LogP contribution in [0.5, 0.6) is 0 Å². The Morgan fingerprint density at radius 1 is 1.23 bits per heavy atom. The van der Waals surface area contributed by atoms with Crippen LogP contribution < -0.4 is 11.0 Å². The number of nitrogens with zero attached hydrogens (tertiary/aromatic N) is 1. The van der Waals surface area contributed by atoms with Gasteiger partial charge in [0, 0.05) is 13.1 Å². The van der Waals surface area contributed by atoms with Crippen LogP contribution in [-0.2, 0) is 6.54 Å². The Labute approximate surface area is 128 Å². The number of aromatic nitrogens is 2. The smallest absolute Gasteiger partial charge is 0.404 e. The third kappa shape index (κ3) is 3.16. The highest BCUT2D eigenvalue weighted by Crippen LogP contribution is 2.29. The number of rotatable bonds is 4. The fourth-order valence-electron chi connectivity index (χ4n) is 3.40. The van der Waals surface area contributed by atoms with E-state index in [1.165, 1.54) is 0 Å². The number of fused-ring (bicyclic) bond motifs is 1. The molecule has 1 aromatic heterocycles. The van der Waals surface area contributed by atoms with Gasteiger partial charge in [0.1, 0.15) is 0 Å². The number of aromatic amines is 1. The molecular formula is C16H21N3O3. The van der Waals surface area contributed by atoms with Gasteiger partial charge in [-0.1, -0.05) is 12.1 Å². The zero-order valence-electron chi connectivity index (χ0n) is 12.4. The molecule has 0 bridgehead atoms. The Morgan fingerprint density at radius 3 is 2.64 bits per heavy atom. The van der Waals surface area contributed by atoms with Gasteiger partial charge in [-0.2, -0.15) is 0 Å². The van der Waals surface area contributed by atoms with Crippen molar-refractivity contribution in [3.63, 3.8) is 0 Å². The maximum atomic E-state index is 12.1. The van der Waals surface area contributed by atoms with E-state index in [-0.39, 0.29) is 5.69 Å². The first kappa shape index (κ1) is 14.7. The summed E-state index contributed by atoms with van der Waals surface area (Å²) < 4.78 is 1.83. The van der Waals surface area contributed by atoms with Crippen LogP contribution in [0, 0.1) is 11.8 Å². The molecule has 3 N–H and O–H groups in total. The highest BCUT2D eigenvalue weighted by molar-refractivity contribution is 5.74. The maximum Gasteiger partial charge on any atom is 0.404 e. The summed E-state index contributed by atoms with van der Waals surface area (Å²) >= 11 is 0. The number of nitrogens with one attached hydrogen (secondary N) is 2. The normalized spacial score (nSPS) is 21.8. The number of carbonyl (C=O) groups is 1. The third-order valence-electron chi connectivity index (χ3n) is 4.63. The molecule has 118 valence electrons. The lowest BCUT2D eigenvalue weighted by molar-refractivity contribution is 0.187. The van der Waals surface area contributed by atoms with Crippen LogP contribution in [0.15, 0.2) is 29.1 Å². The minimum atomic E-state index is -0.951. The van der Waals surface area contributed by atoms with Crippen molar-refractivity contribution in [2.75, 3.05) is 6.54 Å². The second-order valence-electron chi connectivity index (χ2n) is 6.13. The number of imidazole rings is 1. The van der Waals surface area contributed by atoms with Crippen molar-refractivity contribution in [3.8, 4) is 0 Å². The van der Waals surface area contributed by atoms with E-state index in [1.807, 2.05) is 28.8 Å². The fourth-order valence-corrected chi connectivity index (χ4v) is 3.40. The average molecular weight is 303 g/mol. The first-order valence-corrected chi connectivity index (χ1v) is 7.78. The molecule has 6 nitrogen and oxygen atoms in total. The molecule has 1 amide bonds. The van der Waals surface area contributed by atoms with Crippen LogP contribution in [0.1, 0.15) is 25.7 Å². The molecule has 0 spiro atoms. The Bertz CT molecular complexity index is 711. The molecule has 1 saturated carbocycles. The number of H-pyrrole nitrogens is 1. The summed E-state index contributed by atoms with van der Waals surface area (Å²) in [6, 6.07) is 7.75.